The molecule has 0 aliphatic heterocycles. The van der Waals surface area contributed by atoms with Crippen molar-refractivity contribution < 1.29 is 24.2 Å². The number of methoxy groups -OCH3 is 1. The molecule has 0 unspecified atom stereocenters. The molecular formula is C13H14O5. The third kappa shape index (κ3) is 3.71. The molecule has 0 spiro atoms. The Morgan fingerprint density at radius 2 is 2.00 bits per heavy atom. The lowest BCUT2D eigenvalue weighted by molar-refractivity contribution is -0.134. The van der Waals surface area contributed by atoms with Crippen LogP contribution in [0.3, 0.4) is 0 Å². The summed E-state index contributed by atoms with van der Waals surface area (Å²) in [7, 11) is 1.48. The number of ketones is 1. The fraction of sp³-hybridized carbons (Fsp3) is 0.231. The zero-order chi connectivity index (χ0) is 13.5. The maximum Gasteiger partial charge on any atom is 0.339 e. The van der Waals surface area contributed by atoms with Crippen LogP contribution >= 0.6 is 0 Å². The van der Waals surface area contributed by atoms with E-state index in [-0.39, 0.29) is 12.4 Å². The van der Waals surface area contributed by atoms with Crippen molar-refractivity contribution in [2.75, 3.05) is 13.9 Å². The Kier molecular flexibility index (Phi) is 5.07. The molecule has 1 aromatic carbocycles. The zero-order valence-corrected chi connectivity index (χ0v) is 10.2. The monoisotopic (exact) mass is 250 g/mol. The van der Waals surface area contributed by atoms with Gasteiger partial charge in [-0.3, -0.25) is 4.79 Å². The maximum atomic E-state index is 11.2. The van der Waals surface area contributed by atoms with Gasteiger partial charge in [-0.1, -0.05) is 18.2 Å². The van der Waals surface area contributed by atoms with Gasteiger partial charge in [0.05, 0.1) is 0 Å². The van der Waals surface area contributed by atoms with Crippen LogP contribution in [0.5, 0.6) is 5.75 Å². The highest BCUT2D eigenvalue weighted by Gasteiger charge is 2.13. The average molecular weight is 250 g/mol. The molecule has 0 aliphatic carbocycles. The number of carboxylic acids is 1. The van der Waals surface area contributed by atoms with Crippen LogP contribution in [0.25, 0.3) is 6.08 Å². The van der Waals surface area contributed by atoms with Crippen molar-refractivity contribution in [3.05, 3.63) is 35.4 Å². The van der Waals surface area contributed by atoms with E-state index in [1.807, 2.05) is 0 Å². The molecule has 1 N–H and O–H groups in total. The largest absolute Gasteiger partial charge is 0.478 e. The first-order chi connectivity index (χ1) is 8.56. The first-order valence-electron chi connectivity index (χ1n) is 5.23. The Morgan fingerprint density at radius 3 is 2.56 bits per heavy atom. The quantitative estimate of drug-likeness (QED) is 0.360. The van der Waals surface area contributed by atoms with Crippen molar-refractivity contribution in [2.24, 2.45) is 0 Å². The molecule has 18 heavy (non-hydrogen) atoms. The highest BCUT2D eigenvalue weighted by Crippen LogP contribution is 2.21. The number of rotatable bonds is 6. The number of hydrogen-bond donors (Lipinski definition) is 1. The third-order valence-electron chi connectivity index (χ3n) is 2.16. The van der Waals surface area contributed by atoms with Crippen LogP contribution in [0.15, 0.2) is 29.8 Å². The van der Waals surface area contributed by atoms with Gasteiger partial charge in [0.1, 0.15) is 11.3 Å². The Bertz CT molecular complexity index is 460. The SMILES string of the molecule is COCOc1ccccc1C=C(C(C)=O)C(=O)O. The smallest absolute Gasteiger partial charge is 0.339 e. The van der Waals surface area contributed by atoms with Crippen LogP contribution < -0.4 is 4.74 Å². The van der Waals surface area contributed by atoms with Gasteiger partial charge in [0, 0.05) is 12.7 Å². The van der Waals surface area contributed by atoms with Crippen LogP contribution in [0.4, 0.5) is 0 Å². The molecule has 0 heterocycles. The zero-order valence-electron chi connectivity index (χ0n) is 10.2. The van der Waals surface area contributed by atoms with E-state index in [9.17, 15) is 9.59 Å². The van der Waals surface area contributed by atoms with Crippen LogP contribution in [0.2, 0.25) is 0 Å². The molecule has 0 amide bonds. The second-order valence-corrected chi connectivity index (χ2v) is 3.51. The minimum Gasteiger partial charge on any atom is -0.478 e. The topological polar surface area (TPSA) is 72.8 Å². The molecule has 0 atom stereocenters. The molecule has 1 aromatic rings. The Balaban J connectivity index is 3.11. The molecule has 0 fully saturated rings. The molecule has 5 nitrogen and oxygen atoms in total. The lowest BCUT2D eigenvalue weighted by atomic mass is 10.1. The molecule has 1 rings (SSSR count). The fourth-order valence-electron chi connectivity index (χ4n) is 1.32. The molecule has 0 bridgehead atoms. The Labute approximate surface area is 105 Å². The summed E-state index contributed by atoms with van der Waals surface area (Å²) in [6, 6.07) is 6.81. The van der Waals surface area contributed by atoms with Gasteiger partial charge in [-0.25, -0.2) is 4.79 Å². The molecule has 0 saturated carbocycles. The van der Waals surface area contributed by atoms with E-state index >= 15 is 0 Å². The normalized spacial score (nSPS) is 11.1. The van der Waals surface area contributed by atoms with Crippen LogP contribution in [0, 0.1) is 0 Å². The maximum absolute atomic E-state index is 11.2. The van der Waals surface area contributed by atoms with Crippen LogP contribution in [-0.2, 0) is 14.3 Å². The second kappa shape index (κ2) is 6.56. The third-order valence-corrected chi connectivity index (χ3v) is 2.16. The van der Waals surface area contributed by atoms with Crippen molar-refractivity contribution in [3.63, 3.8) is 0 Å². The fourth-order valence-corrected chi connectivity index (χ4v) is 1.32. The van der Waals surface area contributed by atoms with Gasteiger partial charge >= 0.3 is 5.97 Å². The van der Waals surface area contributed by atoms with E-state index in [0.717, 1.165) is 0 Å². The summed E-state index contributed by atoms with van der Waals surface area (Å²) in [5.41, 5.74) is 0.227. The van der Waals surface area contributed by atoms with Gasteiger partial charge in [0.25, 0.3) is 0 Å². The van der Waals surface area contributed by atoms with Gasteiger partial charge < -0.3 is 14.6 Å². The van der Waals surface area contributed by atoms with Gasteiger partial charge in [-0.15, -0.1) is 0 Å². The van der Waals surface area contributed by atoms with Crippen molar-refractivity contribution in [2.45, 2.75) is 6.92 Å². The summed E-state index contributed by atoms with van der Waals surface area (Å²) >= 11 is 0. The number of benzene rings is 1. The van der Waals surface area contributed by atoms with Gasteiger partial charge in [0.2, 0.25) is 0 Å². The number of carbonyl (C=O) groups is 2. The number of carbonyl (C=O) groups excluding carboxylic acids is 1. The summed E-state index contributed by atoms with van der Waals surface area (Å²) in [6.07, 6.45) is 1.29. The molecular weight excluding hydrogens is 236 g/mol. The number of carboxylic acid groups (broad SMARTS) is 1. The van der Waals surface area contributed by atoms with E-state index in [1.54, 1.807) is 24.3 Å². The number of hydrogen-bond acceptors (Lipinski definition) is 4. The molecule has 0 aliphatic rings. The van der Waals surface area contributed by atoms with Gasteiger partial charge in [-0.2, -0.15) is 0 Å². The summed E-state index contributed by atoms with van der Waals surface area (Å²) in [6.45, 7) is 1.26. The summed E-state index contributed by atoms with van der Waals surface area (Å²) in [4.78, 5) is 22.1. The summed E-state index contributed by atoms with van der Waals surface area (Å²) < 4.78 is 10.1. The number of ether oxygens (including phenoxy) is 2. The highest BCUT2D eigenvalue weighted by molar-refractivity contribution is 6.19. The van der Waals surface area contributed by atoms with Gasteiger partial charge in [0.15, 0.2) is 12.6 Å². The Hall–Kier alpha value is -2.14. The molecule has 96 valence electrons. The van der Waals surface area contributed by atoms with Crippen molar-refractivity contribution in [1.82, 2.24) is 0 Å². The lowest BCUT2D eigenvalue weighted by Gasteiger charge is -2.08. The van der Waals surface area contributed by atoms with E-state index in [2.05, 4.69) is 0 Å². The van der Waals surface area contributed by atoms with Crippen molar-refractivity contribution in [1.29, 1.82) is 0 Å². The van der Waals surface area contributed by atoms with Crippen LogP contribution in [0.1, 0.15) is 12.5 Å². The summed E-state index contributed by atoms with van der Waals surface area (Å²) in [5.74, 6) is -1.31. The second-order valence-electron chi connectivity index (χ2n) is 3.51. The van der Waals surface area contributed by atoms with Crippen molar-refractivity contribution in [3.8, 4) is 5.75 Å². The van der Waals surface area contributed by atoms with E-state index in [4.69, 9.17) is 14.6 Å². The molecule has 5 heteroatoms. The predicted molar refractivity (Wildman–Crippen MR) is 65.2 cm³/mol. The Morgan fingerprint density at radius 1 is 1.33 bits per heavy atom. The number of para-hydroxylation sites is 1. The van der Waals surface area contributed by atoms with Crippen LogP contribution in [-0.4, -0.2) is 30.8 Å². The van der Waals surface area contributed by atoms with Gasteiger partial charge in [-0.05, 0) is 19.1 Å². The van der Waals surface area contributed by atoms with Crippen molar-refractivity contribution >= 4 is 17.8 Å². The number of Topliss-reactive ketones (excluding diaryl/α,β-unsaturated/α-hetero) is 1. The molecule has 0 saturated heterocycles. The molecule has 0 aromatic heterocycles. The van der Waals surface area contributed by atoms with E-state index in [0.29, 0.717) is 11.3 Å². The first kappa shape index (κ1) is 13.9. The standard InChI is InChI=1S/C13H14O5/c1-9(14)11(13(15)16)7-10-5-3-4-6-12(10)18-8-17-2/h3-7H,8H2,1-2H3,(H,15,16). The predicted octanol–water partition coefficient (Wildman–Crippen LogP) is 1.73. The minimum atomic E-state index is -1.26. The molecule has 0 radical (unpaired) electrons. The lowest BCUT2D eigenvalue weighted by Crippen LogP contribution is -2.09. The van der Waals surface area contributed by atoms with E-state index < -0.39 is 11.8 Å². The average Bonchev–Trinajstić information content (AvgIpc) is 2.33. The summed E-state index contributed by atoms with van der Waals surface area (Å²) in [5, 5.41) is 8.92. The number of aliphatic carboxylic acids is 1. The first-order valence-corrected chi connectivity index (χ1v) is 5.23. The minimum absolute atomic E-state index is 0.0489. The van der Waals surface area contributed by atoms with E-state index in [1.165, 1.54) is 20.1 Å². The highest BCUT2D eigenvalue weighted by atomic mass is 16.7.